The molecule has 2 aromatic rings. The first-order valence-electron chi connectivity index (χ1n) is 8.51. The first-order chi connectivity index (χ1) is 11.8. The summed E-state index contributed by atoms with van der Waals surface area (Å²) in [6, 6.07) is 7.59. The number of nitrogens with one attached hydrogen (secondary N) is 2. The number of piperidine rings is 1. The number of hydrogen-bond acceptors (Lipinski definition) is 4. The number of rotatable bonds is 6. The summed E-state index contributed by atoms with van der Waals surface area (Å²) in [5.41, 5.74) is 0.978. The maximum atomic E-state index is 12.1. The number of nitrogens with zero attached hydrogens (tertiary/aromatic N) is 2. The van der Waals surface area contributed by atoms with E-state index in [0.29, 0.717) is 13.1 Å². The van der Waals surface area contributed by atoms with Crippen LogP contribution in [0.5, 0.6) is 0 Å². The molecule has 1 atom stereocenters. The third-order valence-corrected chi connectivity index (χ3v) is 4.33. The van der Waals surface area contributed by atoms with Crippen molar-refractivity contribution in [3.8, 4) is 0 Å². The van der Waals surface area contributed by atoms with Crippen LogP contribution in [0.2, 0.25) is 0 Å². The van der Waals surface area contributed by atoms with Gasteiger partial charge in [-0.1, -0.05) is 12.5 Å². The summed E-state index contributed by atoms with van der Waals surface area (Å²) in [5.74, 6) is 0.907. The van der Waals surface area contributed by atoms with Crippen molar-refractivity contribution in [2.75, 3.05) is 19.6 Å². The zero-order chi connectivity index (χ0) is 16.6. The van der Waals surface area contributed by atoms with E-state index in [1.807, 2.05) is 24.3 Å². The Morgan fingerprint density at radius 1 is 1.21 bits per heavy atom. The monoisotopic (exact) mass is 328 g/mol. The van der Waals surface area contributed by atoms with E-state index in [2.05, 4.69) is 20.5 Å². The zero-order valence-corrected chi connectivity index (χ0v) is 13.8. The van der Waals surface area contributed by atoms with Gasteiger partial charge in [0.05, 0.1) is 12.3 Å². The molecular formula is C18H24N4O2. The Labute approximate surface area is 142 Å². The molecule has 1 saturated heterocycles. The Balaban J connectivity index is 1.52. The summed E-state index contributed by atoms with van der Waals surface area (Å²) in [6.45, 7) is 3.09. The van der Waals surface area contributed by atoms with Crippen molar-refractivity contribution in [2.24, 2.45) is 0 Å². The number of urea groups is 1. The van der Waals surface area contributed by atoms with Crippen molar-refractivity contribution in [3.05, 3.63) is 54.2 Å². The molecule has 2 aromatic heterocycles. The first-order valence-corrected chi connectivity index (χ1v) is 8.51. The second kappa shape index (κ2) is 8.49. The molecule has 3 rings (SSSR count). The van der Waals surface area contributed by atoms with Crippen LogP contribution in [0.3, 0.4) is 0 Å². The van der Waals surface area contributed by atoms with E-state index in [0.717, 1.165) is 24.4 Å². The fourth-order valence-corrected chi connectivity index (χ4v) is 3.06. The van der Waals surface area contributed by atoms with E-state index in [9.17, 15) is 4.79 Å². The lowest BCUT2D eigenvalue weighted by Crippen LogP contribution is -2.43. The fraction of sp³-hybridized carbons (Fsp3) is 0.444. The molecule has 1 aliphatic rings. The van der Waals surface area contributed by atoms with Crippen molar-refractivity contribution in [3.63, 3.8) is 0 Å². The average Bonchev–Trinajstić information content (AvgIpc) is 3.16. The lowest BCUT2D eigenvalue weighted by Gasteiger charge is -2.33. The van der Waals surface area contributed by atoms with Gasteiger partial charge in [-0.3, -0.25) is 9.88 Å². The molecule has 0 radical (unpaired) electrons. The third-order valence-electron chi connectivity index (χ3n) is 4.33. The van der Waals surface area contributed by atoms with Gasteiger partial charge in [0.15, 0.2) is 0 Å². The van der Waals surface area contributed by atoms with Crippen molar-refractivity contribution >= 4 is 6.03 Å². The molecule has 6 nitrogen and oxygen atoms in total. The second-order valence-electron chi connectivity index (χ2n) is 6.05. The fourth-order valence-electron chi connectivity index (χ4n) is 3.06. The molecule has 3 heterocycles. The van der Waals surface area contributed by atoms with Gasteiger partial charge in [0.1, 0.15) is 5.76 Å². The summed E-state index contributed by atoms with van der Waals surface area (Å²) in [5, 5.41) is 5.83. The van der Waals surface area contributed by atoms with Crippen LogP contribution >= 0.6 is 0 Å². The number of hydrogen-bond donors (Lipinski definition) is 2. The van der Waals surface area contributed by atoms with E-state index in [-0.39, 0.29) is 12.1 Å². The van der Waals surface area contributed by atoms with Crippen LogP contribution in [0.1, 0.15) is 36.6 Å². The van der Waals surface area contributed by atoms with Gasteiger partial charge >= 0.3 is 6.03 Å². The van der Waals surface area contributed by atoms with E-state index in [1.165, 1.54) is 19.3 Å². The summed E-state index contributed by atoms with van der Waals surface area (Å²) in [4.78, 5) is 18.5. The number of carbonyl (C=O) groups excluding carboxylic acids is 1. The highest BCUT2D eigenvalue weighted by Gasteiger charge is 2.24. The van der Waals surface area contributed by atoms with Crippen molar-refractivity contribution in [2.45, 2.75) is 31.8 Å². The Morgan fingerprint density at radius 3 is 2.79 bits per heavy atom. The van der Waals surface area contributed by atoms with Crippen LogP contribution in [-0.4, -0.2) is 35.5 Å². The number of carbonyl (C=O) groups is 1. The van der Waals surface area contributed by atoms with E-state index in [1.54, 1.807) is 18.7 Å². The Bertz CT molecular complexity index is 609. The topological polar surface area (TPSA) is 70.4 Å². The van der Waals surface area contributed by atoms with Gasteiger partial charge in [0.2, 0.25) is 0 Å². The minimum absolute atomic E-state index is 0.0874. The molecule has 24 heavy (non-hydrogen) atoms. The Hall–Kier alpha value is -2.34. The number of likely N-dealkylation sites (tertiary alicyclic amines) is 1. The molecule has 0 saturated carbocycles. The lowest BCUT2D eigenvalue weighted by molar-refractivity contribution is 0.143. The maximum Gasteiger partial charge on any atom is 0.315 e. The van der Waals surface area contributed by atoms with Gasteiger partial charge in [-0.25, -0.2) is 4.79 Å². The van der Waals surface area contributed by atoms with Crippen molar-refractivity contribution < 1.29 is 9.21 Å². The number of pyridine rings is 1. The molecular weight excluding hydrogens is 304 g/mol. The number of aromatic nitrogens is 1. The van der Waals surface area contributed by atoms with Gasteiger partial charge in [-0.15, -0.1) is 0 Å². The highest BCUT2D eigenvalue weighted by Crippen LogP contribution is 2.24. The number of amides is 2. The summed E-state index contributed by atoms with van der Waals surface area (Å²) < 4.78 is 5.59. The maximum absolute atomic E-state index is 12.1. The zero-order valence-electron chi connectivity index (χ0n) is 13.8. The van der Waals surface area contributed by atoms with E-state index in [4.69, 9.17) is 4.42 Å². The minimum Gasteiger partial charge on any atom is -0.468 e. The van der Waals surface area contributed by atoms with Crippen LogP contribution in [-0.2, 0) is 6.54 Å². The largest absolute Gasteiger partial charge is 0.468 e. The van der Waals surface area contributed by atoms with Crippen LogP contribution in [0, 0.1) is 0 Å². The van der Waals surface area contributed by atoms with Crippen LogP contribution in [0.4, 0.5) is 4.79 Å². The third kappa shape index (κ3) is 4.58. The molecule has 1 aliphatic heterocycles. The highest BCUT2D eigenvalue weighted by molar-refractivity contribution is 5.73. The van der Waals surface area contributed by atoms with Crippen LogP contribution in [0.15, 0.2) is 47.3 Å². The molecule has 128 valence electrons. The normalized spacial score (nSPS) is 16.5. The SMILES string of the molecule is O=C(NCc1cccnc1)NC[C@H](c1ccco1)N1CCCCC1. The minimum atomic E-state index is -0.174. The lowest BCUT2D eigenvalue weighted by atomic mass is 10.1. The van der Waals surface area contributed by atoms with Crippen molar-refractivity contribution in [1.29, 1.82) is 0 Å². The van der Waals surface area contributed by atoms with Gasteiger partial charge in [0.25, 0.3) is 0 Å². The summed E-state index contributed by atoms with van der Waals surface area (Å²) in [7, 11) is 0. The molecule has 0 unspecified atom stereocenters. The molecule has 2 amide bonds. The molecule has 0 aliphatic carbocycles. The molecule has 0 spiro atoms. The van der Waals surface area contributed by atoms with Crippen LogP contribution in [0.25, 0.3) is 0 Å². The molecule has 1 fully saturated rings. The van der Waals surface area contributed by atoms with Gasteiger partial charge in [0, 0.05) is 25.5 Å². The van der Waals surface area contributed by atoms with E-state index >= 15 is 0 Å². The first kappa shape index (κ1) is 16.5. The molecule has 0 aromatic carbocycles. The smallest absolute Gasteiger partial charge is 0.315 e. The summed E-state index contributed by atoms with van der Waals surface area (Å²) in [6.07, 6.45) is 8.83. The van der Waals surface area contributed by atoms with Gasteiger partial charge in [-0.2, -0.15) is 0 Å². The predicted octanol–water partition coefficient (Wildman–Crippen LogP) is 2.70. The molecule has 2 N–H and O–H groups in total. The highest BCUT2D eigenvalue weighted by atomic mass is 16.3. The predicted molar refractivity (Wildman–Crippen MR) is 91.3 cm³/mol. The summed E-state index contributed by atoms with van der Waals surface area (Å²) >= 11 is 0. The van der Waals surface area contributed by atoms with E-state index < -0.39 is 0 Å². The second-order valence-corrected chi connectivity index (χ2v) is 6.05. The molecule has 0 bridgehead atoms. The van der Waals surface area contributed by atoms with Crippen molar-refractivity contribution in [1.82, 2.24) is 20.5 Å². The number of furan rings is 1. The standard InChI is InChI=1S/C18H24N4O2/c23-18(20-13-15-6-4-8-19-12-15)21-14-16(17-7-5-11-24-17)22-9-2-1-3-10-22/h4-8,11-12,16H,1-3,9-10,13-14H2,(H2,20,21,23)/t16-/m1/s1. The van der Waals surface area contributed by atoms with Gasteiger partial charge < -0.3 is 15.1 Å². The quantitative estimate of drug-likeness (QED) is 0.855. The van der Waals surface area contributed by atoms with Crippen LogP contribution < -0.4 is 10.6 Å². The Morgan fingerprint density at radius 2 is 2.08 bits per heavy atom. The Kier molecular flexibility index (Phi) is 5.85. The van der Waals surface area contributed by atoms with Gasteiger partial charge in [-0.05, 0) is 49.7 Å². The molecule has 6 heteroatoms. The average molecular weight is 328 g/mol.